The molecule has 1 heterocycles. The van der Waals surface area contributed by atoms with E-state index in [4.69, 9.17) is 5.11 Å². The van der Waals surface area contributed by atoms with Crippen LogP contribution in [0.15, 0.2) is 24.3 Å². The zero-order valence-electron chi connectivity index (χ0n) is 15.3. The predicted octanol–water partition coefficient (Wildman–Crippen LogP) is 1.78. The summed E-state index contributed by atoms with van der Waals surface area (Å²) in [6.07, 6.45) is 5.27. The number of rotatable bonds is 6. The summed E-state index contributed by atoms with van der Waals surface area (Å²) in [6.45, 7) is 0.773. The van der Waals surface area contributed by atoms with E-state index in [2.05, 4.69) is 4.72 Å². The summed E-state index contributed by atoms with van der Waals surface area (Å²) >= 11 is 0. The van der Waals surface area contributed by atoms with Crippen LogP contribution >= 0.6 is 0 Å². The van der Waals surface area contributed by atoms with Crippen LogP contribution in [0.3, 0.4) is 0 Å². The molecule has 1 saturated heterocycles. The van der Waals surface area contributed by atoms with E-state index < -0.39 is 21.2 Å². The molecule has 1 atom stereocenters. The van der Waals surface area contributed by atoms with Gasteiger partial charge in [-0.25, -0.2) is 17.9 Å². The number of carbonyl (C=O) groups is 2. The summed E-state index contributed by atoms with van der Waals surface area (Å²) in [5.41, 5.74) is 0.896. The number of carbonyl (C=O) groups excluding carboxylic acids is 1. The Bertz CT molecular complexity index is 785. The van der Waals surface area contributed by atoms with Gasteiger partial charge < -0.3 is 10.0 Å². The van der Waals surface area contributed by atoms with E-state index in [1.807, 2.05) is 0 Å². The van der Waals surface area contributed by atoms with E-state index in [1.54, 1.807) is 17.0 Å². The summed E-state index contributed by atoms with van der Waals surface area (Å²) in [5.74, 6) is -1.13. The van der Waals surface area contributed by atoms with Gasteiger partial charge in [0, 0.05) is 19.1 Å². The summed E-state index contributed by atoms with van der Waals surface area (Å²) < 4.78 is 28.2. The zero-order chi connectivity index (χ0) is 19.4. The highest BCUT2D eigenvalue weighted by Gasteiger charge is 2.34. The Morgan fingerprint density at radius 3 is 2.37 bits per heavy atom. The molecule has 0 aromatic heterocycles. The molecule has 2 aliphatic rings. The van der Waals surface area contributed by atoms with E-state index >= 15 is 0 Å². The first kappa shape index (κ1) is 19.8. The molecular weight excluding hydrogens is 368 g/mol. The Labute approximate surface area is 159 Å². The van der Waals surface area contributed by atoms with Crippen molar-refractivity contribution in [2.75, 3.05) is 13.1 Å². The number of amides is 1. The average molecular weight is 394 g/mol. The van der Waals surface area contributed by atoms with Gasteiger partial charge in [-0.2, -0.15) is 0 Å². The quantitative estimate of drug-likeness (QED) is 0.765. The lowest BCUT2D eigenvalue weighted by Gasteiger charge is -2.33. The molecule has 1 aliphatic heterocycles. The molecule has 1 amide bonds. The molecule has 8 heteroatoms. The molecule has 1 aliphatic carbocycles. The number of sulfonamides is 1. The smallest absolute Gasteiger partial charge is 0.335 e. The summed E-state index contributed by atoms with van der Waals surface area (Å²) in [5, 5.41) is 8.37. The lowest BCUT2D eigenvalue weighted by atomic mass is 10.1. The topological polar surface area (TPSA) is 104 Å². The fourth-order valence-corrected chi connectivity index (χ4v) is 5.59. The maximum atomic E-state index is 12.7. The minimum absolute atomic E-state index is 0.0360. The first-order valence-corrected chi connectivity index (χ1v) is 11.0. The fourth-order valence-electron chi connectivity index (χ4n) is 3.84. The van der Waals surface area contributed by atoms with E-state index in [9.17, 15) is 18.0 Å². The zero-order valence-corrected chi connectivity index (χ0v) is 16.1. The largest absolute Gasteiger partial charge is 0.478 e. The van der Waals surface area contributed by atoms with Gasteiger partial charge in [0.2, 0.25) is 15.9 Å². The first-order chi connectivity index (χ1) is 12.8. The molecule has 2 N–H and O–H groups in total. The second kappa shape index (κ2) is 8.39. The maximum absolute atomic E-state index is 12.7. The third-order valence-corrected chi connectivity index (χ3v) is 7.34. The number of benzene rings is 1. The Balaban J connectivity index is 1.59. The SMILES string of the molecule is O=C(O)c1ccc(CC(=O)N2CCCC(S(=O)(=O)NC3CCCC3)C2)cc1. The molecule has 148 valence electrons. The second-order valence-electron chi connectivity index (χ2n) is 7.43. The van der Waals surface area contributed by atoms with Crippen molar-refractivity contribution in [2.45, 2.75) is 56.2 Å². The number of likely N-dealkylation sites (tertiary alicyclic amines) is 1. The van der Waals surface area contributed by atoms with Gasteiger partial charge >= 0.3 is 5.97 Å². The van der Waals surface area contributed by atoms with E-state index in [-0.39, 0.29) is 30.5 Å². The van der Waals surface area contributed by atoms with Gasteiger partial charge in [0.05, 0.1) is 17.2 Å². The Hall–Kier alpha value is -1.93. The van der Waals surface area contributed by atoms with Crippen molar-refractivity contribution < 1.29 is 23.1 Å². The minimum atomic E-state index is -3.43. The van der Waals surface area contributed by atoms with Gasteiger partial charge in [-0.15, -0.1) is 0 Å². The van der Waals surface area contributed by atoms with E-state index in [0.717, 1.165) is 31.2 Å². The van der Waals surface area contributed by atoms with Crippen LogP contribution in [0.5, 0.6) is 0 Å². The van der Waals surface area contributed by atoms with Crippen molar-refractivity contribution in [1.29, 1.82) is 0 Å². The van der Waals surface area contributed by atoms with Crippen LogP contribution in [0.2, 0.25) is 0 Å². The van der Waals surface area contributed by atoms with Crippen molar-refractivity contribution in [3.63, 3.8) is 0 Å². The first-order valence-electron chi connectivity index (χ1n) is 9.46. The number of hydrogen-bond donors (Lipinski definition) is 2. The van der Waals surface area contributed by atoms with Crippen LogP contribution < -0.4 is 4.72 Å². The molecule has 1 aromatic carbocycles. The summed E-state index contributed by atoms with van der Waals surface area (Å²) in [7, 11) is -3.43. The number of aromatic carboxylic acids is 1. The molecular formula is C19H26N2O5S. The standard InChI is InChI=1S/C19H26N2O5S/c22-18(12-14-7-9-15(10-8-14)19(23)24)21-11-3-6-17(13-21)27(25,26)20-16-4-1-2-5-16/h7-10,16-17,20H,1-6,11-13H2,(H,23,24). The molecule has 2 fully saturated rings. The lowest BCUT2D eigenvalue weighted by molar-refractivity contribution is -0.131. The van der Waals surface area contributed by atoms with Gasteiger partial charge in [0.15, 0.2) is 0 Å². The highest BCUT2D eigenvalue weighted by atomic mass is 32.2. The Morgan fingerprint density at radius 1 is 1.07 bits per heavy atom. The third kappa shape index (κ3) is 5.07. The number of carboxylic acid groups (broad SMARTS) is 1. The van der Waals surface area contributed by atoms with Crippen LogP contribution in [0.25, 0.3) is 0 Å². The van der Waals surface area contributed by atoms with Crippen molar-refractivity contribution in [3.05, 3.63) is 35.4 Å². The van der Waals surface area contributed by atoms with Crippen LogP contribution in [-0.4, -0.2) is 54.7 Å². The van der Waals surface area contributed by atoms with Gasteiger partial charge in [-0.3, -0.25) is 4.79 Å². The number of hydrogen-bond acceptors (Lipinski definition) is 4. The van der Waals surface area contributed by atoms with E-state index in [0.29, 0.717) is 19.4 Å². The number of nitrogens with zero attached hydrogens (tertiary/aromatic N) is 1. The molecule has 1 unspecified atom stereocenters. The molecule has 27 heavy (non-hydrogen) atoms. The van der Waals surface area contributed by atoms with Gasteiger partial charge in [-0.1, -0.05) is 25.0 Å². The van der Waals surface area contributed by atoms with Crippen LogP contribution in [0, 0.1) is 0 Å². The predicted molar refractivity (Wildman–Crippen MR) is 101 cm³/mol. The van der Waals surface area contributed by atoms with Gasteiger partial charge in [0.25, 0.3) is 0 Å². The molecule has 0 bridgehead atoms. The summed E-state index contributed by atoms with van der Waals surface area (Å²) in [4.78, 5) is 25.1. The van der Waals surface area contributed by atoms with Crippen molar-refractivity contribution >= 4 is 21.9 Å². The number of nitrogens with one attached hydrogen (secondary N) is 1. The third-order valence-electron chi connectivity index (χ3n) is 5.41. The summed E-state index contributed by atoms with van der Waals surface area (Å²) in [6, 6.07) is 6.23. The average Bonchev–Trinajstić information content (AvgIpc) is 3.14. The molecule has 0 spiro atoms. The van der Waals surface area contributed by atoms with E-state index in [1.165, 1.54) is 12.1 Å². The number of carboxylic acids is 1. The molecule has 3 rings (SSSR count). The van der Waals surface area contributed by atoms with Crippen LogP contribution in [0.1, 0.15) is 54.4 Å². The molecule has 0 radical (unpaired) electrons. The fraction of sp³-hybridized carbons (Fsp3) is 0.579. The van der Waals surface area contributed by atoms with Crippen molar-refractivity contribution in [2.24, 2.45) is 0 Å². The van der Waals surface area contributed by atoms with Crippen LogP contribution in [0.4, 0.5) is 0 Å². The highest BCUT2D eigenvalue weighted by molar-refractivity contribution is 7.90. The normalized spacial score (nSPS) is 21.3. The number of piperidine rings is 1. The Morgan fingerprint density at radius 2 is 1.74 bits per heavy atom. The highest BCUT2D eigenvalue weighted by Crippen LogP contribution is 2.22. The van der Waals surface area contributed by atoms with Gasteiger partial charge in [-0.05, 0) is 43.4 Å². The molecule has 7 nitrogen and oxygen atoms in total. The monoisotopic (exact) mass is 394 g/mol. The second-order valence-corrected chi connectivity index (χ2v) is 9.42. The molecule has 1 saturated carbocycles. The van der Waals surface area contributed by atoms with Crippen molar-refractivity contribution in [1.82, 2.24) is 9.62 Å². The van der Waals surface area contributed by atoms with Crippen LogP contribution in [-0.2, 0) is 21.2 Å². The lowest BCUT2D eigenvalue weighted by Crippen LogP contribution is -2.50. The van der Waals surface area contributed by atoms with Crippen molar-refractivity contribution in [3.8, 4) is 0 Å². The Kier molecular flexibility index (Phi) is 6.16. The molecule has 1 aromatic rings. The maximum Gasteiger partial charge on any atom is 0.335 e. The van der Waals surface area contributed by atoms with Gasteiger partial charge in [0.1, 0.15) is 0 Å². The minimum Gasteiger partial charge on any atom is -0.478 e.